The third-order valence-corrected chi connectivity index (χ3v) is 3.09. The molecule has 3 rings (SSSR count). The van der Waals surface area contributed by atoms with Crippen molar-refractivity contribution in [3.63, 3.8) is 0 Å². The van der Waals surface area contributed by atoms with Gasteiger partial charge >= 0.3 is 5.97 Å². The second-order valence-corrected chi connectivity index (χ2v) is 4.79. The van der Waals surface area contributed by atoms with Crippen molar-refractivity contribution >= 4 is 22.8 Å². The van der Waals surface area contributed by atoms with Crippen molar-refractivity contribution in [3.8, 4) is 0 Å². The van der Waals surface area contributed by atoms with E-state index in [0.717, 1.165) is 6.20 Å². The fourth-order valence-electron chi connectivity index (χ4n) is 2.11. The maximum atomic E-state index is 13.5. The van der Waals surface area contributed by atoms with E-state index in [4.69, 9.17) is 10.8 Å². The molecule has 0 radical (unpaired) electrons. The molecule has 3 heterocycles. The first-order valence-electron chi connectivity index (χ1n) is 6.84. The molecule has 0 saturated heterocycles. The molecule has 10 heteroatoms. The summed E-state index contributed by atoms with van der Waals surface area (Å²) in [7, 11) is 0. The van der Waals surface area contributed by atoms with Crippen LogP contribution in [0.4, 0.5) is 4.39 Å². The van der Waals surface area contributed by atoms with Gasteiger partial charge in [0.1, 0.15) is 36.3 Å². The lowest BCUT2D eigenvalue weighted by atomic mass is 10.2. The summed E-state index contributed by atoms with van der Waals surface area (Å²) in [6.45, 7) is -0.313. The molecule has 122 valence electrons. The Morgan fingerprint density at radius 3 is 2.79 bits per heavy atom. The highest BCUT2D eigenvalue weighted by atomic mass is 19.1. The number of aliphatic carboxylic acids is 1. The summed E-state index contributed by atoms with van der Waals surface area (Å²) in [6.07, 6.45) is 4.23. The number of halogens is 1. The number of nitrogens with two attached hydrogens (primary N) is 1. The molecule has 24 heavy (non-hydrogen) atoms. The number of aromatic nitrogens is 5. The SMILES string of the molecule is NC(=NCC(=O)O)c1nn(Cc2ncccn2)c2ncc(F)cc12. The van der Waals surface area contributed by atoms with Crippen LogP contribution in [0.5, 0.6) is 0 Å². The Balaban J connectivity index is 2.07. The van der Waals surface area contributed by atoms with E-state index >= 15 is 0 Å². The highest BCUT2D eigenvalue weighted by molar-refractivity contribution is 6.06. The fourth-order valence-corrected chi connectivity index (χ4v) is 2.11. The standard InChI is InChI=1S/C14H12FN7O2/c15-8-4-9-12(13(16)19-6-11(23)24)21-22(14(9)20-5-8)7-10-17-2-1-3-18-10/h1-5H,6-7H2,(H2,16,19)(H,23,24). The van der Waals surface area contributed by atoms with Crippen molar-refractivity contribution in [1.82, 2.24) is 24.7 Å². The number of rotatable bonds is 5. The van der Waals surface area contributed by atoms with Gasteiger partial charge in [-0.2, -0.15) is 5.10 Å². The lowest BCUT2D eigenvalue weighted by Crippen LogP contribution is -2.17. The molecule has 0 amide bonds. The lowest BCUT2D eigenvalue weighted by Gasteiger charge is -2.00. The summed E-state index contributed by atoms with van der Waals surface area (Å²) < 4.78 is 15.0. The van der Waals surface area contributed by atoms with E-state index in [2.05, 4.69) is 25.0 Å². The van der Waals surface area contributed by atoms with Crippen molar-refractivity contribution in [1.29, 1.82) is 0 Å². The number of carboxylic acid groups (broad SMARTS) is 1. The lowest BCUT2D eigenvalue weighted by molar-refractivity contribution is -0.135. The average molecular weight is 329 g/mol. The molecule has 0 bridgehead atoms. The van der Waals surface area contributed by atoms with E-state index in [1.165, 1.54) is 10.7 Å². The number of amidine groups is 1. The Bertz CT molecular complexity index is 924. The molecule has 9 nitrogen and oxygen atoms in total. The highest BCUT2D eigenvalue weighted by Crippen LogP contribution is 2.18. The Morgan fingerprint density at radius 1 is 1.33 bits per heavy atom. The van der Waals surface area contributed by atoms with Crippen LogP contribution in [0.15, 0.2) is 35.7 Å². The van der Waals surface area contributed by atoms with Gasteiger partial charge < -0.3 is 10.8 Å². The van der Waals surface area contributed by atoms with Gasteiger partial charge in [-0.1, -0.05) is 0 Å². The van der Waals surface area contributed by atoms with Gasteiger partial charge in [-0.15, -0.1) is 0 Å². The topological polar surface area (TPSA) is 132 Å². The predicted molar refractivity (Wildman–Crippen MR) is 81.8 cm³/mol. The van der Waals surface area contributed by atoms with Crippen LogP contribution in [0.3, 0.4) is 0 Å². The Labute approximate surface area is 134 Å². The summed E-state index contributed by atoms with van der Waals surface area (Å²) in [6, 6.07) is 2.90. The number of carbonyl (C=O) groups is 1. The number of hydrogen-bond acceptors (Lipinski definition) is 6. The van der Waals surface area contributed by atoms with Gasteiger partial charge in [-0.05, 0) is 12.1 Å². The maximum absolute atomic E-state index is 13.5. The minimum atomic E-state index is -1.14. The van der Waals surface area contributed by atoms with Gasteiger partial charge in [0.25, 0.3) is 0 Å². The van der Waals surface area contributed by atoms with Crippen LogP contribution in [0.2, 0.25) is 0 Å². The molecular weight excluding hydrogens is 317 g/mol. The first kappa shape index (κ1) is 15.5. The van der Waals surface area contributed by atoms with Crippen molar-refractivity contribution in [3.05, 3.63) is 48.1 Å². The molecule has 0 unspecified atom stereocenters. The van der Waals surface area contributed by atoms with Crippen LogP contribution in [-0.2, 0) is 11.3 Å². The maximum Gasteiger partial charge on any atom is 0.325 e. The largest absolute Gasteiger partial charge is 0.480 e. The van der Waals surface area contributed by atoms with Crippen molar-refractivity contribution < 1.29 is 14.3 Å². The van der Waals surface area contributed by atoms with Crippen LogP contribution in [0, 0.1) is 5.82 Å². The number of aliphatic imine (C=N–C) groups is 1. The Kier molecular flexibility index (Phi) is 4.10. The summed E-state index contributed by atoms with van der Waals surface area (Å²) in [5.41, 5.74) is 6.32. The first-order chi connectivity index (χ1) is 11.5. The van der Waals surface area contributed by atoms with Gasteiger partial charge in [-0.3, -0.25) is 9.79 Å². The monoisotopic (exact) mass is 329 g/mol. The summed E-state index contributed by atoms with van der Waals surface area (Å²) in [5.74, 6) is -1.32. The van der Waals surface area contributed by atoms with E-state index in [1.807, 2.05) is 0 Å². The van der Waals surface area contributed by atoms with Crippen molar-refractivity contribution in [2.24, 2.45) is 10.7 Å². The quantitative estimate of drug-likeness (QED) is 0.504. The third-order valence-electron chi connectivity index (χ3n) is 3.09. The van der Waals surface area contributed by atoms with Gasteiger partial charge in [0.15, 0.2) is 5.65 Å². The molecule has 0 spiro atoms. The smallest absolute Gasteiger partial charge is 0.325 e. The van der Waals surface area contributed by atoms with E-state index < -0.39 is 18.3 Å². The summed E-state index contributed by atoms with van der Waals surface area (Å²) >= 11 is 0. The number of hydrogen-bond donors (Lipinski definition) is 2. The molecule has 3 aromatic rings. The first-order valence-corrected chi connectivity index (χ1v) is 6.84. The number of carboxylic acids is 1. The molecule has 0 aliphatic heterocycles. The van der Waals surface area contributed by atoms with Crippen LogP contribution in [0.1, 0.15) is 11.5 Å². The third kappa shape index (κ3) is 3.16. The van der Waals surface area contributed by atoms with Gasteiger partial charge in [0, 0.05) is 12.4 Å². The summed E-state index contributed by atoms with van der Waals surface area (Å²) in [4.78, 5) is 26.6. The van der Waals surface area contributed by atoms with E-state index in [1.54, 1.807) is 18.5 Å². The van der Waals surface area contributed by atoms with Gasteiger partial charge in [-0.25, -0.2) is 24.0 Å². The highest BCUT2D eigenvalue weighted by Gasteiger charge is 2.16. The number of fused-ring (bicyclic) bond motifs is 1. The molecule has 0 aliphatic rings. The zero-order valence-corrected chi connectivity index (χ0v) is 12.3. The minimum Gasteiger partial charge on any atom is -0.480 e. The molecular formula is C14H12FN7O2. The van der Waals surface area contributed by atoms with Gasteiger partial charge in [0.2, 0.25) is 0 Å². The predicted octanol–water partition coefficient (Wildman–Crippen LogP) is 0.199. The molecule has 0 fully saturated rings. The van der Waals surface area contributed by atoms with Crippen LogP contribution in [0.25, 0.3) is 11.0 Å². The minimum absolute atomic E-state index is 0.109. The second kappa shape index (κ2) is 6.36. The second-order valence-electron chi connectivity index (χ2n) is 4.79. The molecule has 3 N–H and O–H groups in total. The van der Waals surface area contributed by atoms with Crippen LogP contribution >= 0.6 is 0 Å². The molecule has 0 atom stereocenters. The molecule has 3 aromatic heterocycles. The van der Waals surface area contributed by atoms with Crippen molar-refractivity contribution in [2.45, 2.75) is 6.54 Å². The average Bonchev–Trinajstić information content (AvgIpc) is 2.91. The number of nitrogens with zero attached hydrogens (tertiary/aromatic N) is 6. The van der Waals surface area contributed by atoms with Gasteiger partial charge in [0.05, 0.1) is 11.6 Å². The van der Waals surface area contributed by atoms with E-state index in [9.17, 15) is 9.18 Å². The van der Waals surface area contributed by atoms with Crippen molar-refractivity contribution in [2.75, 3.05) is 6.54 Å². The Morgan fingerprint density at radius 2 is 2.08 bits per heavy atom. The van der Waals surface area contributed by atoms with E-state index in [0.29, 0.717) is 16.9 Å². The summed E-state index contributed by atoms with van der Waals surface area (Å²) in [5, 5.41) is 13.3. The fraction of sp³-hybridized carbons (Fsp3) is 0.143. The van der Waals surface area contributed by atoms with E-state index in [-0.39, 0.29) is 18.1 Å². The normalized spacial score (nSPS) is 11.8. The van der Waals surface area contributed by atoms with Crippen LogP contribution < -0.4 is 5.73 Å². The number of pyridine rings is 1. The zero-order valence-electron chi connectivity index (χ0n) is 12.3. The Hall–Kier alpha value is -3.43. The van der Waals surface area contributed by atoms with Crippen LogP contribution in [-0.4, -0.2) is 48.2 Å². The zero-order chi connectivity index (χ0) is 17.1. The molecule has 0 saturated carbocycles. The molecule has 0 aromatic carbocycles. The molecule has 0 aliphatic carbocycles.